The zero-order chi connectivity index (χ0) is 30.2. The second kappa shape index (κ2) is 14.5. The summed E-state index contributed by atoms with van der Waals surface area (Å²) in [6.07, 6.45) is 5.29. The van der Waals surface area contributed by atoms with Crippen LogP contribution in [0.25, 0.3) is 0 Å². The summed E-state index contributed by atoms with van der Waals surface area (Å²) in [7, 11) is 1.54. The van der Waals surface area contributed by atoms with Gasteiger partial charge in [0.1, 0.15) is 11.9 Å². The molecular formula is C30H43N5O7. The first kappa shape index (κ1) is 31.3. The fourth-order valence-electron chi connectivity index (χ4n) is 5.86. The molecule has 4 rings (SSSR count). The van der Waals surface area contributed by atoms with Crippen molar-refractivity contribution in [3.63, 3.8) is 0 Å². The second-order valence-corrected chi connectivity index (χ2v) is 11.6. The number of hydrogen-bond acceptors (Lipinski definition) is 8. The topological polar surface area (TPSA) is 194 Å². The summed E-state index contributed by atoms with van der Waals surface area (Å²) in [4.78, 5) is 47.3. The number of ether oxygens (including phenoxy) is 2. The molecule has 230 valence electrons. The zero-order valence-corrected chi connectivity index (χ0v) is 24.1. The number of nitrogens with one attached hydrogen (secondary N) is 1. The standard InChI is InChI=1S/C30H43N5O7/c1-41-21-11-7-19(8-12-21)14-25(29(32)39)42-30(40)35(16-22(28(31)38)23-15-33-17-34-23)24(13-18-5-3-2-4-6-18)27(37)26(36)20-9-10-20/h7-8,11-12,15,17-18,20,22,24-27,36-37H,2-6,9-10,13-14,16H2,1H3,(H2,31,38)(H2,32,39)(H,33,34)/t22?,24-,25?,26-,27+/m0/s1. The molecule has 2 aliphatic rings. The van der Waals surface area contributed by atoms with Gasteiger partial charge in [0.05, 0.1) is 37.2 Å². The Balaban J connectivity index is 1.65. The zero-order valence-electron chi connectivity index (χ0n) is 24.1. The lowest BCUT2D eigenvalue weighted by Crippen LogP contribution is -2.55. The Bertz CT molecular complexity index is 1170. The van der Waals surface area contributed by atoms with Crippen molar-refractivity contribution in [3.8, 4) is 5.75 Å². The Morgan fingerprint density at radius 1 is 1.05 bits per heavy atom. The van der Waals surface area contributed by atoms with Crippen LogP contribution in [0.15, 0.2) is 36.8 Å². The predicted molar refractivity (Wildman–Crippen MR) is 153 cm³/mol. The minimum absolute atomic E-state index is 0.0120. The van der Waals surface area contributed by atoms with E-state index in [0.717, 1.165) is 44.9 Å². The number of aliphatic hydroxyl groups excluding tert-OH is 2. The van der Waals surface area contributed by atoms with Crippen molar-refractivity contribution in [1.29, 1.82) is 0 Å². The molecular weight excluding hydrogens is 542 g/mol. The van der Waals surface area contributed by atoms with Gasteiger partial charge in [-0.05, 0) is 48.8 Å². The monoisotopic (exact) mass is 585 g/mol. The van der Waals surface area contributed by atoms with E-state index in [4.69, 9.17) is 20.9 Å². The molecule has 0 aliphatic heterocycles. The van der Waals surface area contributed by atoms with Gasteiger partial charge in [0.15, 0.2) is 6.10 Å². The summed E-state index contributed by atoms with van der Waals surface area (Å²) in [5, 5.41) is 22.5. The Hall–Kier alpha value is -3.64. The molecule has 2 unspecified atom stereocenters. The molecule has 12 heteroatoms. The minimum Gasteiger partial charge on any atom is -0.497 e. The number of amides is 3. The number of aromatic amines is 1. The average molecular weight is 586 g/mol. The first-order valence-corrected chi connectivity index (χ1v) is 14.7. The van der Waals surface area contributed by atoms with Crippen LogP contribution < -0.4 is 16.2 Å². The molecule has 7 N–H and O–H groups in total. The number of nitrogens with two attached hydrogens (primary N) is 2. The molecule has 1 aromatic carbocycles. The Morgan fingerprint density at radius 2 is 1.74 bits per heavy atom. The van der Waals surface area contributed by atoms with Crippen LogP contribution in [0.1, 0.15) is 68.5 Å². The van der Waals surface area contributed by atoms with E-state index in [-0.39, 0.29) is 24.8 Å². The van der Waals surface area contributed by atoms with E-state index >= 15 is 0 Å². The lowest BCUT2D eigenvalue weighted by molar-refractivity contribution is -0.128. The molecule has 0 saturated heterocycles. The Labute approximate surface area is 245 Å². The summed E-state index contributed by atoms with van der Waals surface area (Å²) in [5.41, 5.74) is 12.4. The van der Waals surface area contributed by atoms with Crippen molar-refractivity contribution in [3.05, 3.63) is 48.0 Å². The highest BCUT2D eigenvalue weighted by Crippen LogP contribution is 2.38. The van der Waals surface area contributed by atoms with Crippen molar-refractivity contribution in [1.82, 2.24) is 14.9 Å². The third kappa shape index (κ3) is 8.22. The SMILES string of the molecule is COc1ccc(CC(OC(=O)N(CC(C(N)=O)c2c[nH]cn2)[C@@H](CC2CCCCC2)[C@@H](O)[C@@H](O)C2CC2)C(N)=O)cc1. The van der Waals surface area contributed by atoms with Crippen LogP contribution in [-0.2, 0) is 20.7 Å². The van der Waals surface area contributed by atoms with Gasteiger partial charge in [0, 0.05) is 19.2 Å². The number of carbonyl (C=O) groups excluding carboxylic acids is 3. The molecule has 1 heterocycles. The van der Waals surface area contributed by atoms with E-state index in [2.05, 4.69) is 9.97 Å². The molecule has 0 spiro atoms. The number of imidazole rings is 1. The van der Waals surface area contributed by atoms with Crippen LogP contribution in [0, 0.1) is 11.8 Å². The fourth-order valence-corrected chi connectivity index (χ4v) is 5.86. The molecule has 0 bridgehead atoms. The Morgan fingerprint density at radius 3 is 2.29 bits per heavy atom. The number of rotatable bonds is 15. The average Bonchev–Trinajstić information content (AvgIpc) is 3.70. The molecule has 2 fully saturated rings. The fraction of sp³-hybridized carbons (Fsp3) is 0.600. The van der Waals surface area contributed by atoms with Crippen LogP contribution >= 0.6 is 0 Å². The number of methoxy groups -OCH3 is 1. The van der Waals surface area contributed by atoms with Gasteiger partial charge in [-0.1, -0.05) is 44.2 Å². The number of primary amides is 2. The molecule has 12 nitrogen and oxygen atoms in total. The third-order valence-corrected chi connectivity index (χ3v) is 8.52. The van der Waals surface area contributed by atoms with Gasteiger partial charge < -0.3 is 41.0 Å². The van der Waals surface area contributed by atoms with Crippen LogP contribution in [0.5, 0.6) is 5.75 Å². The third-order valence-electron chi connectivity index (χ3n) is 8.52. The maximum atomic E-state index is 14.0. The first-order chi connectivity index (χ1) is 20.2. The van der Waals surface area contributed by atoms with Gasteiger partial charge in [-0.25, -0.2) is 9.78 Å². The molecule has 3 amide bonds. The molecule has 2 aliphatic carbocycles. The minimum atomic E-state index is -1.33. The molecule has 42 heavy (non-hydrogen) atoms. The van der Waals surface area contributed by atoms with Crippen LogP contribution in [0.4, 0.5) is 4.79 Å². The molecule has 2 saturated carbocycles. The predicted octanol–water partition coefficient (Wildman–Crippen LogP) is 1.99. The number of aliphatic hydroxyl groups is 2. The normalized spacial score (nSPS) is 19.2. The van der Waals surface area contributed by atoms with Gasteiger partial charge in [-0.3, -0.25) is 9.59 Å². The maximum Gasteiger partial charge on any atom is 0.410 e. The molecule has 5 atom stereocenters. The van der Waals surface area contributed by atoms with Crippen molar-refractivity contribution in [2.45, 2.75) is 88.1 Å². The van der Waals surface area contributed by atoms with E-state index in [0.29, 0.717) is 23.4 Å². The van der Waals surface area contributed by atoms with Crippen LogP contribution in [0.2, 0.25) is 0 Å². The highest BCUT2D eigenvalue weighted by molar-refractivity contribution is 5.84. The second-order valence-electron chi connectivity index (χ2n) is 11.6. The quantitative estimate of drug-likeness (QED) is 0.209. The number of H-pyrrole nitrogens is 1. The van der Waals surface area contributed by atoms with Crippen molar-refractivity contribution in [2.75, 3.05) is 13.7 Å². The van der Waals surface area contributed by atoms with E-state index in [9.17, 15) is 24.6 Å². The lowest BCUT2D eigenvalue weighted by Gasteiger charge is -2.40. The van der Waals surface area contributed by atoms with Crippen molar-refractivity contribution >= 4 is 17.9 Å². The number of aromatic nitrogens is 2. The van der Waals surface area contributed by atoms with Gasteiger partial charge in [-0.15, -0.1) is 0 Å². The molecule has 1 aromatic heterocycles. The van der Waals surface area contributed by atoms with Crippen molar-refractivity contribution < 1.29 is 34.1 Å². The maximum absolute atomic E-state index is 14.0. The smallest absolute Gasteiger partial charge is 0.410 e. The van der Waals surface area contributed by atoms with Crippen molar-refractivity contribution in [2.24, 2.45) is 23.3 Å². The molecule has 2 aromatic rings. The van der Waals surface area contributed by atoms with Crippen LogP contribution in [-0.4, -0.2) is 81.0 Å². The van der Waals surface area contributed by atoms with E-state index in [1.807, 2.05) is 0 Å². The highest BCUT2D eigenvalue weighted by atomic mass is 16.6. The van der Waals surface area contributed by atoms with Gasteiger partial charge in [0.25, 0.3) is 5.91 Å². The summed E-state index contributed by atoms with van der Waals surface area (Å²) < 4.78 is 10.9. The highest BCUT2D eigenvalue weighted by Gasteiger charge is 2.44. The largest absolute Gasteiger partial charge is 0.497 e. The first-order valence-electron chi connectivity index (χ1n) is 14.7. The van der Waals surface area contributed by atoms with E-state index in [1.165, 1.54) is 24.5 Å². The summed E-state index contributed by atoms with van der Waals surface area (Å²) in [6.45, 7) is -0.265. The number of nitrogens with zero attached hydrogens (tertiary/aromatic N) is 2. The molecule has 0 radical (unpaired) electrons. The van der Waals surface area contributed by atoms with Gasteiger partial charge in [0.2, 0.25) is 5.91 Å². The van der Waals surface area contributed by atoms with E-state index < -0.39 is 48.2 Å². The van der Waals surface area contributed by atoms with E-state index in [1.54, 1.807) is 24.3 Å². The van der Waals surface area contributed by atoms with Gasteiger partial charge >= 0.3 is 6.09 Å². The summed E-state index contributed by atoms with van der Waals surface area (Å²) >= 11 is 0. The summed E-state index contributed by atoms with van der Waals surface area (Å²) in [6, 6.07) is 6.02. The summed E-state index contributed by atoms with van der Waals surface area (Å²) in [5.74, 6) is -1.85. The lowest BCUT2D eigenvalue weighted by atomic mass is 9.82. The number of carbonyl (C=O) groups is 3. The number of benzene rings is 1. The van der Waals surface area contributed by atoms with Gasteiger partial charge in [-0.2, -0.15) is 0 Å². The van der Waals surface area contributed by atoms with Crippen LogP contribution in [0.3, 0.4) is 0 Å². The number of hydrogen-bond donors (Lipinski definition) is 5. The Kier molecular flexibility index (Phi) is 10.8.